The molecule has 2 rings (SSSR count). The van der Waals surface area contributed by atoms with Crippen LogP contribution >= 0.6 is 15.9 Å². The van der Waals surface area contributed by atoms with Crippen LogP contribution in [-0.2, 0) is 0 Å². The van der Waals surface area contributed by atoms with E-state index >= 15 is 0 Å². The fraction of sp³-hybridized carbons (Fsp3) is 0.0667. The van der Waals surface area contributed by atoms with E-state index < -0.39 is 5.97 Å². The number of hydrogen-bond acceptors (Lipinski definition) is 3. The maximum atomic E-state index is 11.2. The van der Waals surface area contributed by atoms with Crippen molar-refractivity contribution in [2.75, 3.05) is 0 Å². The first-order valence-corrected chi connectivity index (χ1v) is 6.52. The maximum Gasteiger partial charge on any atom is 0.339 e. The van der Waals surface area contributed by atoms with Crippen molar-refractivity contribution in [1.82, 2.24) is 0 Å². The van der Waals surface area contributed by atoms with E-state index in [0.717, 1.165) is 5.56 Å². The Hall–Kier alpha value is -2.32. The first-order valence-electron chi connectivity index (χ1n) is 5.72. The minimum Gasteiger partial charge on any atom is -0.478 e. The number of nitrogens with zero attached hydrogens (tertiary/aromatic N) is 1. The van der Waals surface area contributed by atoms with E-state index in [4.69, 9.17) is 15.1 Å². The van der Waals surface area contributed by atoms with Crippen molar-refractivity contribution in [1.29, 1.82) is 5.26 Å². The van der Waals surface area contributed by atoms with Crippen molar-refractivity contribution >= 4 is 21.9 Å². The molecule has 1 N–H and O–H groups in total. The zero-order valence-corrected chi connectivity index (χ0v) is 12.1. The molecule has 0 aliphatic rings. The van der Waals surface area contributed by atoms with Gasteiger partial charge in [0.2, 0.25) is 0 Å². The van der Waals surface area contributed by atoms with Gasteiger partial charge in [0.05, 0.1) is 16.1 Å². The maximum absolute atomic E-state index is 11.2. The fourth-order valence-corrected chi connectivity index (χ4v) is 2.12. The second-order valence-electron chi connectivity index (χ2n) is 4.16. The van der Waals surface area contributed by atoms with E-state index in [9.17, 15) is 4.79 Å². The summed E-state index contributed by atoms with van der Waals surface area (Å²) in [7, 11) is 0. The van der Waals surface area contributed by atoms with Crippen molar-refractivity contribution < 1.29 is 14.6 Å². The highest BCUT2D eigenvalue weighted by Crippen LogP contribution is 2.32. The lowest BCUT2D eigenvalue weighted by atomic mass is 10.1. The third-order valence-electron chi connectivity index (χ3n) is 2.65. The number of aromatic carboxylic acids is 1. The summed E-state index contributed by atoms with van der Waals surface area (Å²) >= 11 is 3.30. The second kappa shape index (κ2) is 5.76. The highest BCUT2D eigenvalue weighted by Gasteiger charge is 2.13. The van der Waals surface area contributed by atoms with Gasteiger partial charge in [-0.25, -0.2) is 4.79 Å². The molecule has 0 spiro atoms. The third kappa shape index (κ3) is 2.98. The summed E-state index contributed by atoms with van der Waals surface area (Å²) < 4.78 is 6.24. The number of carboxylic acid groups (broad SMARTS) is 1. The quantitative estimate of drug-likeness (QED) is 0.918. The molecule has 0 bridgehead atoms. The molecular formula is C15H10BrNO3. The molecule has 0 amide bonds. The molecule has 2 aromatic carbocycles. The summed E-state index contributed by atoms with van der Waals surface area (Å²) in [5, 5.41) is 18.0. The van der Waals surface area contributed by atoms with Crippen LogP contribution in [-0.4, -0.2) is 11.1 Å². The van der Waals surface area contributed by atoms with Crippen LogP contribution in [0, 0.1) is 18.3 Å². The Bertz CT molecular complexity index is 720. The molecule has 0 unspecified atom stereocenters. The zero-order chi connectivity index (χ0) is 14.7. The van der Waals surface area contributed by atoms with Crippen LogP contribution in [0.1, 0.15) is 21.5 Å². The predicted octanol–water partition coefficient (Wildman–Crippen LogP) is 4.12. The van der Waals surface area contributed by atoms with Crippen molar-refractivity contribution in [3.63, 3.8) is 0 Å². The summed E-state index contributed by atoms with van der Waals surface area (Å²) in [6.45, 7) is 1.85. The smallest absolute Gasteiger partial charge is 0.339 e. The lowest BCUT2D eigenvalue weighted by Crippen LogP contribution is -2.00. The summed E-state index contributed by atoms with van der Waals surface area (Å²) in [6, 6.07) is 11.7. The second-order valence-corrected chi connectivity index (χ2v) is 5.02. The van der Waals surface area contributed by atoms with Crippen LogP contribution in [0.5, 0.6) is 11.5 Å². The van der Waals surface area contributed by atoms with E-state index in [0.29, 0.717) is 15.8 Å². The summed E-state index contributed by atoms with van der Waals surface area (Å²) in [6.07, 6.45) is 0. The topological polar surface area (TPSA) is 70.3 Å². The Labute approximate surface area is 124 Å². The normalized spacial score (nSPS) is 9.85. The molecule has 0 aliphatic heterocycles. The van der Waals surface area contributed by atoms with Crippen molar-refractivity contribution in [3.05, 3.63) is 57.6 Å². The first kappa shape index (κ1) is 14.1. The van der Waals surface area contributed by atoms with Gasteiger partial charge in [-0.2, -0.15) is 5.26 Å². The van der Waals surface area contributed by atoms with Gasteiger partial charge in [0.1, 0.15) is 17.1 Å². The van der Waals surface area contributed by atoms with Crippen LogP contribution in [0.4, 0.5) is 0 Å². The van der Waals surface area contributed by atoms with E-state index in [2.05, 4.69) is 15.9 Å². The lowest BCUT2D eigenvalue weighted by Gasteiger charge is -2.11. The molecule has 4 nitrogen and oxygen atoms in total. The highest BCUT2D eigenvalue weighted by molar-refractivity contribution is 9.10. The molecule has 20 heavy (non-hydrogen) atoms. The Morgan fingerprint density at radius 2 is 2.00 bits per heavy atom. The highest BCUT2D eigenvalue weighted by atomic mass is 79.9. The monoisotopic (exact) mass is 331 g/mol. The van der Waals surface area contributed by atoms with Gasteiger partial charge in [0.15, 0.2) is 0 Å². The number of carboxylic acids is 1. The number of hydrogen-bond donors (Lipinski definition) is 1. The number of ether oxygens (including phenoxy) is 1. The molecule has 0 fully saturated rings. The van der Waals surface area contributed by atoms with Crippen LogP contribution in [0.15, 0.2) is 40.9 Å². The molecule has 5 heteroatoms. The van der Waals surface area contributed by atoms with E-state index in [1.165, 1.54) is 6.07 Å². The van der Waals surface area contributed by atoms with E-state index in [1.54, 1.807) is 30.3 Å². The predicted molar refractivity (Wildman–Crippen MR) is 77.1 cm³/mol. The van der Waals surface area contributed by atoms with Gasteiger partial charge in [-0.05, 0) is 58.7 Å². The molecule has 0 saturated carbocycles. The molecule has 100 valence electrons. The largest absolute Gasteiger partial charge is 0.478 e. The van der Waals surface area contributed by atoms with Crippen molar-refractivity contribution in [3.8, 4) is 17.6 Å². The van der Waals surface area contributed by atoms with Gasteiger partial charge in [0.25, 0.3) is 0 Å². The molecular weight excluding hydrogens is 322 g/mol. The number of benzene rings is 2. The van der Waals surface area contributed by atoms with E-state index in [-0.39, 0.29) is 11.3 Å². The SMILES string of the molecule is Cc1ccc(C(=O)O)c(Oc2ccc(C#N)cc2Br)c1. The number of carbonyl (C=O) groups is 1. The van der Waals surface area contributed by atoms with Crippen molar-refractivity contribution in [2.24, 2.45) is 0 Å². The van der Waals surface area contributed by atoms with Gasteiger partial charge >= 0.3 is 5.97 Å². The molecule has 0 saturated heterocycles. The van der Waals surface area contributed by atoms with Crippen LogP contribution in [0.25, 0.3) is 0 Å². The number of halogens is 1. The number of rotatable bonds is 3. The van der Waals surface area contributed by atoms with Gasteiger partial charge < -0.3 is 9.84 Å². The van der Waals surface area contributed by atoms with Crippen molar-refractivity contribution in [2.45, 2.75) is 6.92 Å². The average Bonchev–Trinajstić information content (AvgIpc) is 2.40. The van der Waals surface area contributed by atoms with Gasteiger partial charge in [-0.1, -0.05) is 6.07 Å². The van der Waals surface area contributed by atoms with Gasteiger partial charge in [-0.3, -0.25) is 0 Å². The summed E-state index contributed by atoms with van der Waals surface area (Å²) in [5.41, 5.74) is 1.48. The van der Waals surface area contributed by atoms with Crippen LogP contribution in [0.3, 0.4) is 0 Å². The standard InChI is InChI=1S/C15H10BrNO3/c1-9-2-4-11(15(18)19)14(6-9)20-13-5-3-10(8-17)7-12(13)16/h2-7H,1H3,(H,18,19). The first-order chi connectivity index (χ1) is 9.51. The molecule has 0 heterocycles. The number of nitriles is 1. The third-order valence-corrected chi connectivity index (χ3v) is 3.27. The van der Waals surface area contributed by atoms with Crippen LogP contribution < -0.4 is 4.74 Å². The van der Waals surface area contributed by atoms with Crippen LogP contribution in [0.2, 0.25) is 0 Å². The molecule has 2 aromatic rings. The van der Waals surface area contributed by atoms with E-state index in [1.807, 2.05) is 13.0 Å². The molecule has 0 radical (unpaired) electrons. The molecule has 0 atom stereocenters. The minimum absolute atomic E-state index is 0.0897. The number of aryl methyl sites for hydroxylation is 1. The molecule has 0 aliphatic carbocycles. The molecule has 0 aromatic heterocycles. The Balaban J connectivity index is 2.42. The average molecular weight is 332 g/mol. The Kier molecular flexibility index (Phi) is 4.06. The minimum atomic E-state index is -1.05. The summed E-state index contributed by atoms with van der Waals surface area (Å²) in [4.78, 5) is 11.2. The zero-order valence-electron chi connectivity index (χ0n) is 10.6. The Morgan fingerprint density at radius 3 is 2.60 bits per heavy atom. The lowest BCUT2D eigenvalue weighted by molar-refractivity contribution is 0.0694. The van der Waals surface area contributed by atoms with Gasteiger partial charge in [-0.15, -0.1) is 0 Å². The summed E-state index contributed by atoms with van der Waals surface area (Å²) in [5.74, 6) is -0.329. The van der Waals surface area contributed by atoms with Gasteiger partial charge in [0, 0.05) is 0 Å². The Morgan fingerprint density at radius 1 is 1.25 bits per heavy atom. The fourth-order valence-electron chi connectivity index (χ4n) is 1.66.